The summed E-state index contributed by atoms with van der Waals surface area (Å²) in [5.41, 5.74) is 4.23. The Kier molecular flexibility index (Phi) is 4.81. The maximum Gasteiger partial charge on any atom is 0.243 e. The molecule has 1 heterocycles. The molecule has 4 heteroatoms. The van der Waals surface area contributed by atoms with Crippen LogP contribution in [0, 0.1) is 6.92 Å². The highest BCUT2D eigenvalue weighted by molar-refractivity contribution is 5.93. The number of rotatable bonds is 5. The van der Waals surface area contributed by atoms with Crippen LogP contribution < -0.4 is 15.5 Å². The average molecular weight is 309 g/mol. The lowest BCUT2D eigenvalue weighted by Crippen LogP contribution is -2.22. The molecule has 1 saturated heterocycles. The number of carbonyl (C=O) groups is 1. The summed E-state index contributed by atoms with van der Waals surface area (Å²) in [6, 6.07) is 16.1. The van der Waals surface area contributed by atoms with E-state index < -0.39 is 0 Å². The van der Waals surface area contributed by atoms with Crippen molar-refractivity contribution >= 4 is 23.0 Å². The van der Waals surface area contributed by atoms with E-state index in [1.807, 2.05) is 43.3 Å². The van der Waals surface area contributed by atoms with E-state index in [0.717, 1.165) is 24.5 Å². The summed E-state index contributed by atoms with van der Waals surface area (Å²) in [6.45, 7) is 4.57. The highest BCUT2D eigenvalue weighted by Gasteiger charge is 2.12. The lowest BCUT2D eigenvalue weighted by Gasteiger charge is -2.17. The predicted octanol–water partition coefficient (Wildman–Crippen LogP) is 3.65. The maximum atomic E-state index is 12.0. The first-order valence-corrected chi connectivity index (χ1v) is 8.16. The highest BCUT2D eigenvalue weighted by atomic mass is 16.1. The van der Waals surface area contributed by atoms with Crippen molar-refractivity contribution in [3.05, 3.63) is 54.1 Å². The lowest BCUT2D eigenvalue weighted by atomic mass is 10.2. The summed E-state index contributed by atoms with van der Waals surface area (Å²) in [7, 11) is 0. The van der Waals surface area contributed by atoms with Gasteiger partial charge in [0.05, 0.1) is 6.54 Å². The van der Waals surface area contributed by atoms with Crippen molar-refractivity contribution < 1.29 is 4.79 Å². The number of aryl methyl sites for hydroxylation is 1. The Morgan fingerprint density at radius 2 is 1.57 bits per heavy atom. The molecule has 3 rings (SSSR count). The molecule has 2 aromatic carbocycles. The summed E-state index contributed by atoms with van der Waals surface area (Å²) in [5.74, 6) is -0.0421. The van der Waals surface area contributed by atoms with E-state index >= 15 is 0 Å². The van der Waals surface area contributed by atoms with Crippen LogP contribution in [0.25, 0.3) is 0 Å². The Hall–Kier alpha value is -2.49. The molecule has 4 nitrogen and oxygen atoms in total. The Bertz CT molecular complexity index is 643. The summed E-state index contributed by atoms with van der Waals surface area (Å²) in [4.78, 5) is 14.4. The average Bonchev–Trinajstić information content (AvgIpc) is 3.09. The van der Waals surface area contributed by atoms with Gasteiger partial charge in [0, 0.05) is 30.2 Å². The normalized spacial score (nSPS) is 13.9. The molecule has 0 spiro atoms. The molecule has 120 valence electrons. The molecular weight excluding hydrogens is 286 g/mol. The fourth-order valence-corrected chi connectivity index (χ4v) is 2.79. The fraction of sp³-hybridized carbons (Fsp3) is 0.316. The van der Waals surface area contributed by atoms with Gasteiger partial charge in [-0.25, -0.2) is 0 Å². The lowest BCUT2D eigenvalue weighted by molar-refractivity contribution is -0.114. The molecule has 0 bridgehead atoms. The Balaban J connectivity index is 1.50. The topological polar surface area (TPSA) is 44.4 Å². The number of nitrogens with zero attached hydrogens (tertiary/aromatic N) is 1. The SMILES string of the molecule is Cc1ccc(NCC(=O)Nc2ccc(N3CCCC3)cc2)cc1. The number of hydrogen-bond donors (Lipinski definition) is 2. The number of hydrogen-bond acceptors (Lipinski definition) is 3. The molecule has 0 saturated carbocycles. The Morgan fingerprint density at radius 1 is 0.957 bits per heavy atom. The van der Waals surface area contributed by atoms with E-state index in [2.05, 4.69) is 27.7 Å². The van der Waals surface area contributed by atoms with Gasteiger partial charge in [-0.15, -0.1) is 0 Å². The minimum Gasteiger partial charge on any atom is -0.376 e. The molecule has 2 N–H and O–H groups in total. The number of amides is 1. The van der Waals surface area contributed by atoms with Gasteiger partial charge in [0.25, 0.3) is 0 Å². The second kappa shape index (κ2) is 7.18. The van der Waals surface area contributed by atoms with Crippen molar-refractivity contribution in [3.63, 3.8) is 0 Å². The van der Waals surface area contributed by atoms with E-state index in [4.69, 9.17) is 0 Å². The molecule has 0 aliphatic carbocycles. The first-order valence-electron chi connectivity index (χ1n) is 8.16. The van der Waals surface area contributed by atoms with Gasteiger partial charge in [-0.1, -0.05) is 17.7 Å². The number of carbonyl (C=O) groups excluding carboxylic acids is 1. The zero-order chi connectivity index (χ0) is 16.1. The monoisotopic (exact) mass is 309 g/mol. The molecular formula is C19H23N3O. The maximum absolute atomic E-state index is 12.0. The summed E-state index contributed by atoms with van der Waals surface area (Å²) in [6.07, 6.45) is 2.53. The van der Waals surface area contributed by atoms with Crippen LogP contribution in [0.1, 0.15) is 18.4 Å². The van der Waals surface area contributed by atoms with Crippen molar-refractivity contribution in [3.8, 4) is 0 Å². The second-order valence-corrected chi connectivity index (χ2v) is 6.01. The van der Waals surface area contributed by atoms with Crippen LogP contribution in [-0.2, 0) is 4.79 Å². The highest BCUT2D eigenvalue weighted by Crippen LogP contribution is 2.22. The minimum absolute atomic E-state index is 0.0421. The molecule has 0 radical (unpaired) electrons. The fourth-order valence-electron chi connectivity index (χ4n) is 2.79. The van der Waals surface area contributed by atoms with Crippen molar-refractivity contribution in [2.75, 3.05) is 35.2 Å². The van der Waals surface area contributed by atoms with E-state index in [1.165, 1.54) is 24.1 Å². The van der Waals surface area contributed by atoms with Crippen LogP contribution in [-0.4, -0.2) is 25.5 Å². The molecule has 1 amide bonds. The van der Waals surface area contributed by atoms with E-state index in [1.54, 1.807) is 0 Å². The van der Waals surface area contributed by atoms with Crippen LogP contribution in [0.15, 0.2) is 48.5 Å². The minimum atomic E-state index is -0.0421. The van der Waals surface area contributed by atoms with Crippen molar-refractivity contribution in [1.29, 1.82) is 0 Å². The molecule has 0 unspecified atom stereocenters. The molecule has 0 atom stereocenters. The quantitative estimate of drug-likeness (QED) is 0.886. The van der Waals surface area contributed by atoms with Gasteiger partial charge in [-0.3, -0.25) is 4.79 Å². The van der Waals surface area contributed by atoms with Gasteiger partial charge in [0.15, 0.2) is 0 Å². The Morgan fingerprint density at radius 3 is 2.22 bits per heavy atom. The summed E-state index contributed by atoms with van der Waals surface area (Å²) >= 11 is 0. The number of nitrogens with one attached hydrogen (secondary N) is 2. The van der Waals surface area contributed by atoms with Crippen molar-refractivity contribution in [2.45, 2.75) is 19.8 Å². The van der Waals surface area contributed by atoms with Gasteiger partial charge in [0.2, 0.25) is 5.91 Å². The van der Waals surface area contributed by atoms with Crippen LogP contribution in [0.2, 0.25) is 0 Å². The van der Waals surface area contributed by atoms with Crippen LogP contribution >= 0.6 is 0 Å². The molecule has 0 aromatic heterocycles. The molecule has 23 heavy (non-hydrogen) atoms. The van der Waals surface area contributed by atoms with E-state index in [9.17, 15) is 4.79 Å². The van der Waals surface area contributed by atoms with Gasteiger partial charge in [0.1, 0.15) is 0 Å². The van der Waals surface area contributed by atoms with Gasteiger partial charge in [-0.2, -0.15) is 0 Å². The Labute approximate surface area is 137 Å². The number of benzene rings is 2. The van der Waals surface area contributed by atoms with Gasteiger partial charge >= 0.3 is 0 Å². The standard InChI is InChI=1S/C19H23N3O/c1-15-4-6-16(7-5-15)20-14-19(23)21-17-8-10-18(11-9-17)22-12-2-3-13-22/h4-11,20H,2-3,12-14H2,1H3,(H,21,23). The third kappa shape index (κ3) is 4.25. The van der Waals surface area contributed by atoms with Crippen molar-refractivity contribution in [2.24, 2.45) is 0 Å². The van der Waals surface area contributed by atoms with Crippen LogP contribution in [0.3, 0.4) is 0 Å². The van der Waals surface area contributed by atoms with Crippen LogP contribution in [0.4, 0.5) is 17.1 Å². The molecule has 2 aromatic rings. The zero-order valence-corrected chi connectivity index (χ0v) is 13.5. The second-order valence-electron chi connectivity index (χ2n) is 6.01. The smallest absolute Gasteiger partial charge is 0.243 e. The molecule has 1 fully saturated rings. The van der Waals surface area contributed by atoms with Crippen molar-refractivity contribution in [1.82, 2.24) is 0 Å². The zero-order valence-electron chi connectivity index (χ0n) is 13.5. The first kappa shape index (κ1) is 15.4. The predicted molar refractivity (Wildman–Crippen MR) is 96.2 cm³/mol. The molecule has 1 aliphatic rings. The number of anilines is 3. The van der Waals surface area contributed by atoms with E-state index in [0.29, 0.717) is 0 Å². The van der Waals surface area contributed by atoms with E-state index in [-0.39, 0.29) is 12.5 Å². The third-order valence-electron chi connectivity index (χ3n) is 4.13. The van der Waals surface area contributed by atoms with Gasteiger partial charge < -0.3 is 15.5 Å². The third-order valence-corrected chi connectivity index (χ3v) is 4.13. The van der Waals surface area contributed by atoms with Gasteiger partial charge in [-0.05, 0) is 56.2 Å². The molecule has 1 aliphatic heterocycles. The summed E-state index contributed by atoms with van der Waals surface area (Å²) < 4.78 is 0. The van der Waals surface area contributed by atoms with Crippen LogP contribution in [0.5, 0.6) is 0 Å². The largest absolute Gasteiger partial charge is 0.376 e. The first-order chi connectivity index (χ1) is 11.2. The summed E-state index contributed by atoms with van der Waals surface area (Å²) in [5, 5.41) is 6.05.